The van der Waals surface area contributed by atoms with E-state index in [1.54, 1.807) is 12.3 Å². The molecule has 1 unspecified atom stereocenters. The molecule has 0 spiro atoms. The Morgan fingerprint density at radius 3 is 3.00 bits per heavy atom. The zero-order valence-electron chi connectivity index (χ0n) is 12.7. The Morgan fingerprint density at radius 1 is 1.41 bits per heavy atom. The van der Waals surface area contributed by atoms with Crippen LogP contribution in [0.25, 0.3) is 0 Å². The number of nitrogens with zero attached hydrogens (tertiary/aromatic N) is 4. The fraction of sp³-hybridized carbons (Fsp3) is 0.438. The predicted molar refractivity (Wildman–Crippen MR) is 81.4 cm³/mol. The van der Waals surface area contributed by atoms with Crippen molar-refractivity contribution in [1.82, 2.24) is 19.4 Å². The average Bonchev–Trinajstić information content (AvgIpc) is 3.00. The van der Waals surface area contributed by atoms with Gasteiger partial charge in [0.1, 0.15) is 18.5 Å². The van der Waals surface area contributed by atoms with Gasteiger partial charge < -0.3 is 14.2 Å². The molecule has 116 valence electrons. The molecule has 22 heavy (non-hydrogen) atoms. The molecule has 0 aliphatic carbocycles. The molecule has 1 saturated heterocycles. The summed E-state index contributed by atoms with van der Waals surface area (Å²) in [6.07, 6.45) is 7.38. The van der Waals surface area contributed by atoms with Crippen molar-refractivity contribution in [2.75, 3.05) is 13.1 Å². The maximum Gasteiger partial charge on any atom is 0.242 e. The maximum absolute atomic E-state index is 12.3. The summed E-state index contributed by atoms with van der Waals surface area (Å²) in [5.41, 5.74) is 0. The van der Waals surface area contributed by atoms with Crippen LogP contribution in [0.4, 0.5) is 0 Å². The number of hydrogen-bond donors (Lipinski definition) is 0. The third-order valence-electron chi connectivity index (χ3n) is 3.75. The number of aromatic nitrogens is 3. The third-order valence-corrected chi connectivity index (χ3v) is 3.75. The molecule has 1 amide bonds. The average molecular weight is 300 g/mol. The maximum atomic E-state index is 12.3. The standard InChI is InChI=1S/C16H20N4O2/c1-13-17-7-6-15(18-13)22-14-5-4-10-20(11-14)16(21)12-19-8-2-3-9-19/h2-3,6-9,14H,4-5,10-12H2,1H3. The van der Waals surface area contributed by atoms with E-state index in [2.05, 4.69) is 9.97 Å². The van der Waals surface area contributed by atoms with E-state index >= 15 is 0 Å². The normalized spacial score (nSPS) is 18.2. The van der Waals surface area contributed by atoms with Crippen LogP contribution in [-0.2, 0) is 11.3 Å². The fourth-order valence-corrected chi connectivity index (χ4v) is 2.66. The molecule has 3 heterocycles. The highest BCUT2D eigenvalue weighted by Gasteiger charge is 2.25. The fourth-order valence-electron chi connectivity index (χ4n) is 2.66. The second-order valence-electron chi connectivity index (χ2n) is 5.52. The van der Waals surface area contributed by atoms with Crippen molar-refractivity contribution >= 4 is 5.91 Å². The van der Waals surface area contributed by atoms with E-state index in [-0.39, 0.29) is 12.0 Å². The Bertz CT molecular complexity index is 627. The van der Waals surface area contributed by atoms with Crippen LogP contribution >= 0.6 is 0 Å². The molecule has 1 fully saturated rings. The number of carbonyl (C=O) groups excluding carboxylic acids is 1. The topological polar surface area (TPSA) is 60.2 Å². The molecule has 0 saturated carbocycles. The van der Waals surface area contributed by atoms with Gasteiger partial charge in [-0.05, 0) is 31.9 Å². The third kappa shape index (κ3) is 3.63. The van der Waals surface area contributed by atoms with Gasteiger partial charge in [-0.15, -0.1) is 0 Å². The summed E-state index contributed by atoms with van der Waals surface area (Å²) in [5.74, 6) is 1.40. The van der Waals surface area contributed by atoms with Crippen molar-refractivity contribution in [2.45, 2.75) is 32.4 Å². The molecule has 1 aliphatic rings. The molecule has 6 heteroatoms. The minimum absolute atomic E-state index is 0.00309. The number of rotatable bonds is 4. The quantitative estimate of drug-likeness (QED) is 0.861. The van der Waals surface area contributed by atoms with Crippen LogP contribution in [0.3, 0.4) is 0 Å². The Labute approximate surface area is 129 Å². The second kappa shape index (κ2) is 6.60. The zero-order valence-corrected chi connectivity index (χ0v) is 12.7. The smallest absolute Gasteiger partial charge is 0.242 e. The number of aryl methyl sites for hydroxylation is 1. The van der Waals surface area contributed by atoms with Crippen molar-refractivity contribution in [3.8, 4) is 5.88 Å². The summed E-state index contributed by atoms with van der Waals surface area (Å²) >= 11 is 0. The Hall–Kier alpha value is -2.37. The van der Waals surface area contributed by atoms with Crippen LogP contribution in [-0.4, -0.2) is 44.5 Å². The van der Waals surface area contributed by atoms with Gasteiger partial charge in [0.05, 0.1) is 6.54 Å². The van der Waals surface area contributed by atoms with Crippen LogP contribution in [0, 0.1) is 6.92 Å². The Balaban J connectivity index is 1.58. The highest BCUT2D eigenvalue weighted by molar-refractivity contribution is 5.76. The van der Waals surface area contributed by atoms with Gasteiger partial charge in [0.2, 0.25) is 11.8 Å². The van der Waals surface area contributed by atoms with Crippen molar-refractivity contribution < 1.29 is 9.53 Å². The van der Waals surface area contributed by atoms with Gasteiger partial charge in [0.25, 0.3) is 0 Å². The second-order valence-corrected chi connectivity index (χ2v) is 5.52. The van der Waals surface area contributed by atoms with E-state index in [9.17, 15) is 4.79 Å². The van der Waals surface area contributed by atoms with Crippen LogP contribution in [0.5, 0.6) is 5.88 Å². The summed E-state index contributed by atoms with van der Waals surface area (Å²) in [6.45, 7) is 3.62. The van der Waals surface area contributed by atoms with Crippen molar-refractivity contribution in [2.24, 2.45) is 0 Å². The van der Waals surface area contributed by atoms with Crippen molar-refractivity contribution in [3.05, 3.63) is 42.6 Å². The number of carbonyl (C=O) groups is 1. The first kappa shape index (κ1) is 14.6. The van der Waals surface area contributed by atoms with Gasteiger partial charge in [-0.1, -0.05) is 0 Å². The van der Waals surface area contributed by atoms with E-state index in [1.165, 1.54) is 0 Å². The molecule has 3 rings (SSSR count). The van der Waals surface area contributed by atoms with Gasteiger partial charge in [-0.3, -0.25) is 4.79 Å². The summed E-state index contributed by atoms with van der Waals surface area (Å²) < 4.78 is 7.79. The van der Waals surface area contributed by atoms with Crippen LogP contribution in [0.1, 0.15) is 18.7 Å². The first-order chi connectivity index (χ1) is 10.7. The SMILES string of the molecule is Cc1nccc(OC2CCCN(C(=O)Cn3cccc3)C2)n1. The lowest BCUT2D eigenvalue weighted by molar-refractivity contribution is -0.134. The molecule has 2 aromatic rings. The lowest BCUT2D eigenvalue weighted by atomic mass is 10.1. The molecule has 0 bridgehead atoms. The van der Waals surface area contributed by atoms with Gasteiger partial charge in [0.15, 0.2) is 0 Å². The van der Waals surface area contributed by atoms with Crippen molar-refractivity contribution in [3.63, 3.8) is 0 Å². The lowest BCUT2D eigenvalue weighted by Crippen LogP contribution is -2.45. The zero-order chi connectivity index (χ0) is 15.4. The van der Waals surface area contributed by atoms with Crippen LogP contribution in [0.15, 0.2) is 36.8 Å². The molecule has 0 N–H and O–H groups in total. The van der Waals surface area contributed by atoms with E-state index in [4.69, 9.17) is 4.74 Å². The molecule has 1 aliphatic heterocycles. The largest absolute Gasteiger partial charge is 0.472 e. The van der Waals surface area contributed by atoms with Gasteiger partial charge in [-0.25, -0.2) is 4.98 Å². The Kier molecular flexibility index (Phi) is 4.37. The van der Waals surface area contributed by atoms with Crippen molar-refractivity contribution in [1.29, 1.82) is 0 Å². The van der Waals surface area contributed by atoms with E-state index in [0.717, 1.165) is 19.4 Å². The predicted octanol–water partition coefficient (Wildman–Crippen LogP) is 1.66. The van der Waals surface area contributed by atoms with E-state index < -0.39 is 0 Å². The number of ether oxygens (including phenoxy) is 1. The number of amides is 1. The molecule has 1 atom stereocenters. The minimum Gasteiger partial charge on any atom is -0.472 e. The molecular formula is C16H20N4O2. The van der Waals surface area contributed by atoms with Gasteiger partial charge in [-0.2, -0.15) is 4.98 Å². The summed E-state index contributed by atoms with van der Waals surface area (Å²) in [7, 11) is 0. The summed E-state index contributed by atoms with van der Waals surface area (Å²) in [4.78, 5) is 22.5. The molecular weight excluding hydrogens is 280 g/mol. The highest BCUT2D eigenvalue weighted by Crippen LogP contribution is 2.17. The monoisotopic (exact) mass is 300 g/mol. The van der Waals surface area contributed by atoms with Crippen LogP contribution < -0.4 is 4.74 Å². The van der Waals surface area contributed by atoms with Crippen LogP contribution in [0.2, 0.25) is 0 Å². The first-order valence-electron chi connectivity index (χ1n) is 7.55. The van der Waals surface area contributed by atoms with Gasteiger partial charge >= 0.3 is 0 Å². The molecule has 2 aromatic heterocycles. The summed E-state index contributed by atoms with van der Waals surface area (Å²) in [6, 6.07) is 5.60. The molecule has 0 aromatic carbocycles. The number of hydrogen-bond acceptors (Lipinski definition) is 4. The van der Waals surface area contributed by atoms with E-state index in [0.29, 0.717) is 24.8 Å². The highest BCUT2D eigenvalue weighted by atomic mass is 16.5. The van der Waals surface area contributed by atoms with E-state index in [1.807, 2.05) is 40.9 Å². The summed E-state index contributed by atoms with van der Waals surface area (Å²) in [5, 5.41) is 0. The molecule has 6 nitrogen and oxygen atoms in total. The Morgan fingerprint density at radius 2 is 2.23 bits per heavy atom. The first-order valence-corrected chi connectivity index (χ1v) is 7.55. The lowest BCUT2D eigenvalue weighted by Gasteiger charge is -2.32. The molecule has 0 radical (unpaired) electrons. The minimum atomic E-state index is -0.00309. The van der Waals surface area contributed by atoms with Gasteiger partial charge in [0, 0.05) is 31.2 Å². The number of piperidine rings is 1. The number of likely N-dealkylation sites (tertiary alicyclic amines) is 1.